The molecule has 1 amide bonds. The molecule has 1 aromatic rings. The van der Waals surface area contributed by atoms with Crippen molar-refractivity contribution in [1.82, 2.24) is 9.88 Å². The van der Waals surface area contributed by atoms with Gasteiger partial charge >= 0.3 is 0 Å². The molecule has 5 heteroatoms. The van der Waals surface area contributed by atoms with E-state index in [9.17, 15) is 4.79 Å². The molecule has 0 aromatic carbocycles. The predicted octanol–water partition coefficient (Wildman–Crippen LogP) is 2.83. The van der Waals surface area contributed by atoms with Gasteiger partial charge in [-0.15, -0.1) is 0 Å². The first-order chi connectivity index (χ1) is 8.63. The number of rotatable bonds is 2. The molecular formula is C13H21N3OS. The summed E-state index contributed by atoms with van der Waals surface area (Å²) < 4.78 is 0. The van der Waals surface area contributed by atoms with Crippen molar-refractivity contribution in [3.8, 4) is 0 Å². The molecule has 4 nitrogen and oxygen atoms in total. The molecule has 2 heterocycles. The van der Waals surface area contributed by atoms with Crippen molar-refractivity contribution < 1.29 is 4.79 Å². The Hall–Kier alpha value is -1.10. The SMILES string of the molecule is CCC1CCCCCN1C(=O)c1sc(N)nc1C. The molecule has 18 heavy (non-hydrogen) atoms. The van der Waals surface area contributed by atoms with Crippen LogP contribution in [0.25, 0.3) is 0 Å². The fourth-order valence-electron chi connectivity index (χ4n) is 2.62. The Labute approximate surface area is 112 Å². The van der Waals surface area contributed by atoms with Gasteiger partial charge in [0.05, 0.1) is 5.69 Å². The van der Waals surface area contributed by atoms with Gasteiger partial charge in [-0.3, -0.25) is 4.79 Å². The summed E-state index contributed by atoms with van der Waals surface area (Å²) in [4.78, 5) is 19.5. The summed E-state index contributed by atoms with van der Waals surface area (Å²) in [5, 5.41) is 0.485. The van der Waals surface area contributed by atoms with Gasteiger partial charge in [0.25, 0.3) is 5.91 Å². The Balaban J connectivity index is 2.22. The smallest absolute Gasteiger partial charge is 0.266 e. The highest BCUT2D eigenvalue weighted by atomic mass is 32.1. The van der Waals surface area contributed by atoms with Crippen LogP contribution in [-0.4, -0.2) is 28.4 Å². The van der Waals surface area contributed by atoms with E-state index in [1.807, 2.05) is 11.8 Å². The number of hydrogen-bond donors (Lipinski definition) is 1. The van der Waals surface area contributed by atoms with Gasteiger partial charge in [-0.05, 0) is 26.2 Å². The Morgan fingerprint density at radius 3 is 2.89 bits per heavy atom. The van der Waals surface area contributed by atoms with Crippen LogP contribution < -0.4 is 5.73 Å². The van der Waals surface area contributed by atoms with Gasteiger partial charge in [-0.1, -0.05) is 31.1 Å². The highest BCUT2D eigenvalue weighted by Gasteiger charge is 2.27. The van der Waals surface area contributed by atoms with Gasteiger partial charge in [-0.25, -0.2) is 4.98 Å². The van der Waals surface area contributed by atoms with Gasteiger partial charge in [0, 0.05) is 12.6 Å². The number of aryl methyl sites for hydroxylation is 1. The van der Waals surface area contributed by atoms with Crippen LogP contribution in [-0.2, 0) is 0 Å². The summed E-state index contributed by atoms with van der Waals surface area (Å²) >= 11 is 1.31. The number of thiazole rings is 1. The summed E-state index contributed by atoms with van der Waals surface area (Å²) in [5.41, 5.74) is 6.45. The minimum absolute atomic E-state index is 0.121. The highest BCUT2D eigenvalue weighted by Crippen LogP contribution is 2.26. The van der Waals surface area contributed by atoms with Crippen LogP contribution >= 0.6 is 11.3 Å². The molecule has 0 aliphatic carbocycles. The molecule has 0 spiro atoms. The normalized spacial score (nSPS) is 20.8. The van der Waals surface area contributed by atoms with E-state index >= 15 is 0 Å². The van der Waals surface area contributed by atoms with Gasteiger partial charge in [-0.2, -0.15) is 0 Å². The second kappa shape index (κ2) is 5.69. The number of anilines is 1. The maximum Gasteiger partial charge on any atom is 0.266 e. The third kappa shape index (κ3) is 2.66. The number of carbonyl (C=O) groups is 1. The molecule has 0 saturated carbocycles. The van der Waals surface area contributed by atoms with Gasteiger partial charge < -0.3 is 10.6 Å². The average molecular weight is 267 g/mol. The van der Waals surface area contributed by atoms with Crippen molar-refractivity contribution in [1.29, 1.82) is 0 Å². The first-order valence-electron chi connectivity index (χ1n) is 6.67. The predicted molar refractivity (Wildman–Crippen MR) is 74.8 cm³/mol. The van der Waals surface area contributed by atoms with E-state index in [-0.39, 0.29) is 5.91 Å². The third-order valence-electron chi connectivity index (χ3n) is 3.62. The van der Waals surface area contributed by atoms with Gasteiger partial charge in [0.1, 0.15) is 4.88 Å². The molecule has 1 aliphatic rings. The molecular weight excluding hydrogens is 246 g/mol. The van der Waals surface area contributed by atoms with E-state index in [2.05, 4.69) is 11.9 Å². The lowest BCUT2D eigenvalue weighted by atomic mass is 10.1. The van der Waals surface area contributed by atoms with Crippen molar-refractivity contribution in [2.24, 2.45) is 0 Å². The molecule has 100 valence electrons. The third-order valence-corrected chi connectivity index (χ3v) is 4.59. The summed E-state index contributed by atoms with van der Waals surface area (Å²) in [5.74, 6) is 0.121. The van der Waals surface area contributed by atoms with E-state index in [1.165, 1.54) is 24.2 Å². The van der Waals surface area contributed by atoms with E-state index in [1.54, 1.807) is 0 Å². The Morgan fingerprint density at radius 2 is 2.28 bits per heavy atom. The number of likely N-dealkylation sites (tertiary alicyclic amines) is 1. The van der Waals surface area contributed by atoms with Gasteiger partial charge in [0.15, 0.2) is 5.13 Å². The number of nitrogens with zero attached hydrogens (tertiary/aromatic N) is 2. The Morgan fingerprint density at radius 1 is 1.50 bits per heavy atom. The standard InChI is InChI=1S/C13H21N3OS/c1-3-10-7-5-4-6-8-16(10)12(17)11-9(2)15-13(14)18-11/h10H,3-8H2,1-2H3,(H2,14,15). The van der Waals surface area contributed by atoms with Crippen molar-refractivity contribution in [2.75, 3.05) is 12.3 Å². The van der Waals surface area contributed by atoms with Crippen LogP contribution in [0.1, 0.15) is 54.4 Å². The highest BCUT2D eigenvalue weighted by molar-refractivity contribution is 7.17. The Bertz CT molecular complexity index is 430. The molecule has 1 atom stereocenters. The zero-order valence-electron chi connectivity index (χ0n) is 11.1. The van der Waals surface area contributed by atoms with E-state index < -0.39 is 0 Å². The van der Waals surface area contributed by atoms with Crippen LogP contribution in [0.3, 0.4) is 0 Å². The quantitative estimate of drug-likeness (QED) is 0.896. The first-order valence-corrected chi connectivity index (χ1v) is 7.49. The van der Waals surface area contributed by atoms with Gasteiger partial charge in [0.2, 0.25) is 0 Å². The Kier molecular flexibility index (Phi) is 4.22. The second-order valence-corrected chi connectivity index (χ2v) is 5.91. The summed E-state index contributed by atoms with van der Waals surface area (Å²) in [6, 6.07) is 0.378. The number of hydrogen-bond acceptors (Lipinski definition) is 4. The maximum absolute atomic E-state index is 12.6. The second-order valence-electron chi connectivity index (χ2n) is 4.88. The number of aromatic nitrogens is 1. The maximum atomic E-state index is 12.6. The number of nitrogen functional groups attached to an aromatic ring is 1. The van der Waals surface area contributed by atoms with Crippen LogP contribution in [0, 0.1) is 6.92 Å². The molecule has 2 rings (SSSR count). The topological polar surface area (TPSA) is 59.2 Å². The fourth-order valence-corrected chi connectivity index (χ4v) is 3.40. The van der Waals surface area contributed by atoms with E-state index in [4.69, 9.17) is 5.73 Å². The molecule has 1 aliphatic heterocycles. The molecule has 0 radical (unpaired) electrons. The lowest BCUT2D eigenvalue weighted by Gasteiger charge is -2.29. The number of carbonyl (C=O) groups excluding carboxylic acids is 1. The van der Waals surface area contributed by atoms with Crippen molar-refractivity contribution in [3.05, 3.63) is 10.6 Å². The average Bonchev–Trinajstić information content (AvgIpc) is 2.56. The summed E-state index contributed by atoms with van der Waals surface area (Å²) in [6.45, 7) is 4.89. The zero-order valence-corrected chi connectivity index (χ0v) is 11.9. The van der Waals surface area contributed by atoms with E-state index in [0.717, 1.165) is 31.5 Å². The van der Waals surface area contributed by atoms with Crippen molar-refractivity contribution >= 4 is 22.4 Å². The first kappa shape index (κ1) is 13.3. The minimum atomic E-state index is 0.121. The number of amides is 1. The molecule has 0 bridgehead atoms. The molecule has 1 fully saturated rings. The zero-order chi connectivity index (χ0) is 13.1. The van der Waals surface area contributed by atoms with E-state index in [0.29, 0.717) is 16.1 Å². The minimum Gasteiger partial charge on any atom is -0.375 e. The molecule has 2 N–H and O–H groups in total. The van der Waals surface area contributed by atoms with Crippen LogP contribution in [0.5, 0.6) is 0 Å². The lowest BCUT2D eigenvalue weighted by Crippen LogP contribution is -2.39. The lowest BCUT2D eigenvalue weighted by molar-refractivity contribution is 0.0682. The van der Waals surface area contributed by atoms with Crippen molar-refractivity contribution in [2.45, 2.75) is 52.0 Å². The molecule has 1 saturated heterocycles. The summed E-state index contributed by atoms with van der Waals surface area (Å²) in [7, 11) is 0. The molecule has 1 unspecified atom stereocenters. The van der Waals surface area contributed by atoms with Crippen LogP contribution in [0.15, 0.2) is 0 Å². The van der Waals surface area contributed by atoms with Crippen LogP contribution in [0.4, 0.5) is 5.13 Å². The summed E-state index contributed by atoms with van der Waals surface area (Å²) in [6.07, 6.45) is 5.71. The molecule has 1 aromatic heterocycles. The van der Waals surface area contributed by atoms with Crippen molar-refractivity contribution in [3.63, 3.8) is 0 Å². The largest absolute Gasteiger partial charge is 0.375 e. The fraction of sp³-hybridized carbons (Fsp3) is 0.692. The monoisotopic (exact) mass is 267 g/mol. The van der Waals surface area contributed by atoms with Crippen LogP contribution in [0.2, 0.25) is 0 Å². The number of nitrogens with two attached hydrogens (primary N) is 1.